The van der Waals surface area contributed by atoms with Gasteiger partial charge in [-0.15, -0.1) is 0 Å². The van der Waals surface area contributed by atoms with Crippen LogP contribution in [0.3, 0.4) is 0 Å². The van der Waals surface area contributed by atoms with Gasteiger partial charge < -0.3 is 9.67 Å². The van der Waals surface area contributed by atoms with Crippen LogP contribution in [0.2, 0.25) is 0 Å². The van der Waals surface area contributed by atoms with Crippen LogP contribution in [0, 0.1) is 6.92 Å². The van der Waals surface area contributed by atoms with Gasteiger partial charge in [0, 0.05) is 17.6 Å². The van der Waals surface area contributed by atoms with E-state index in [1.165, 1.54) is 11.3 Å². The van der Waals surface area contributed by atoms with Crippen molar-refractivity contribution in [1.82, 2.24) is 4.57 Å². The van der Waals surface area contributed by atoms with E-state index in [0.717, 1.165) is 25.0 Å². The Balaban J connectivity index is 2.01. The van der Waals surface area contributed by atoms with Crippen molar-refractivity contribution < 1.29 is 5.11 Å². The van der Waals surface area contributed by atoms with Crippen LogP contribution in [0.25, 0.3) is 0 Å². The Hall–Kier alpha value is -0.610. The highest BCUT2D eigenvalue weighted by molar-refractivity contribution is 7.07. The molecule has 0 bridgehead atoms. The number of aryl methyl sites for hydroxylation is 1. The first kappa shape index (κ1) is 9.93. The third kappa shape index (κ3) is 1.77. The van der Waals surface area contributed by atoms with Crippen LogP contribution in [-0.4, -0.2) is 15.3 Å². The zero-order chi connectivity index (χ0) is 10.2. The Morgan fingerprint density at radius 3 is 2.79 bits per heavy atom. The molecule has 1 fully saturated rings. The van der Waals surface area contributed by atoms with Gasteiger partial charge in [-0.2, -0.15) is 0 Å². The summed E-state index contributed by atoms with van der Waals surface area (Å²) < 4.78 is 1.75. The fourth-order valence-corrected chi connectivity index (χ4v) is 2.59. The van der Waals surface area contributed by atoms with Gasteiger partial charge in [0.1, 0.15) is 0 Å². The standard InChI is InChI=1S/C10H15NO2S/c1-8-7-14-9(12)11(8)6-5-10(13)3-2-4-10/h7,13H,2-6H2,1H3. The molecule has 0 aromatic carbocycles. The molecule has 1 saturated carbocycles. The lowest BCUT2D eigenvalue weighted by Gasteiger charge is -2.36. The summed E-state index contributed by atoms with van der Waals surface area (Å²) in [4.78, 5) is 11.5. The first-order chi connectivity index (χ1) is 6.61. The highest BCUT2D eigenvalue weighted by Gasteiger charge is 2.33. The predicted octanol–water partition coefficient (Wildman–Crippen LogP) is 1.52. The second-order valence-electron chi connectivity index (χ2n) is 4.12. The topological polar surface area (TPSA) is 42.2 Å². The molecule has 0 unspecified atom stereocenters. The van der Waals surface area contributed by atoms with Crippen molar-refractivity contribution in [2.45, 2.75) is 44.8 Å². The summed E-state index contributed by atoms with van der Waals surface area (Å²) in [5.41, 5.74) is 0.524. The predicted molar refractivity (Wildman–Crippen MR) is 56.7 cm³/mol. The molecule has 1 aliphatic rings. The van der Waals surface area contributed by atoms with Gasteiger partial charge in [-0.25, -0.2) is 0 Å². The van der Waals surface area contributed by atoms with Gasteiger partial charge in [0.25, 0.3) is 0 Å². The van der Waals surface area contributed by atoms with Crippen molar-refractivity contribution in [2.75, 3.05) is 0 Å². The van der Waals surface area contributed by atoms with Crippen LogP contribution < -0.4 is 4.87 Å². The molecule has 1 aromatic rings. The minimum atomic E-state index is -0.478. The van der Waals surface area contributed by atoms with Gasteiger partial charge in [0.05, 0.1) is 5.60 Å². The lowest BCUT2D eigenvalue weighted by molar-refractivity contribution is -0.0434. The minimum absolute atomic E-state index is 0.0884. The van der Waals surface area contributed by atoms with Crippen molar-refractivity contribution in [2.24, 2.45) is 0 Å². The fourth-order valence-electron chi connectivity index (χ4n) is 1.83. The number of nitrogens with zero attached hydrogens (tertiary/aromatic N) is 1. The summed E-state index contributed by atoms with van der Waals surface area (Å²) in [6.45, 7) is 2.59. The molecule has 0 spiro atoms. The zero-order valence-corrected chi connectivity index (χ0v) is 9.14. The average Bonchev–Trinajstić information content (AvgIpc) is 2.41. The molecule has 0 aliphatic heterocycles. The van der Waals surface area contributed by atoms with Crippen LogP contribution in [0.15, 0.2) is 10.2 Å². The zero-order valence-electron chi connectivity index (χ0n) is 8.32. The third-order valence-electron chi connectivity index (χ3n) is 3.06. The van der Waals surface area contributed by atoms with Crippen molar-refractivity contribution in [1.29, 1.82) is 0 Å². The van der Waals surface area contributed by atoms with Crippen LogP contribution in [0.4, 0.5) is 0 Å². The Morgan fingerprint density at radius 1 is 1.64 bits per heavy atom. The molecule has 1 N–H and O–H groups in total. The number of rotatable bonds is 3. The van der Waals surface area contributed by atoms with E-state index in [-0.39, 0.29) is 4.87 Å². The SMILES string of the molecule is Cc1csc(=O)n1CCC1(O)CCC1. The van der Waals surface area contributed by atoms with Crippen molar-refractivity contribution in [3.05, 3.63) is 20.7 Å². The summed E-state index contributed by atoms with van der Waals surface area (Å²) in [6, 6.07) is 0. The summed E-state index contributed by atoms with van der Waals surface area (Å²) in [6.07, 6.45) is 3.62. The molecule has 0 atom stereocenters. The first-order valence-corrected chi connectivity index (χ1v) is 5.86. The summed E-state index contributed by atoms with van der Waals surface area (Å²) >= 11 is 1.23. The van der Waals surface area contributed by atoms with Gasteiger partial charge in [-0.05, 0) is 32.6 Å². The number of aliphatic hydroxyl groups is 1. The van der Waals surface area contributed by atoms with Crippen LogP contribution in [-0.2, 0) is 6.54 Å². The normalized spacial score (nSPS) is 19.3. The molecular formula is C10H15NO2S. The number of aromatic nitrogens is 1. The van der Waals surface area contributed by atoms with E-state index in [0.29, 0.717) is 13.0 Å². The maximum atomic E-state index is 11.4. The van der Waals surface area contributed by atoms with Crippen LogP contribution >= 0.6 is 11.3 Å². The highest BCUT2D eigenvalue weighted by atomic mass is 32.1. The molecular weight excluding hydrogens is 198 g/mol. The van der Waals surface area contributed by atoms with Gasteiger partial charge in [-0.3, -0.25) is 4.79 Å². The van der Waals surface area contributed by atoms with E-state index >= 15 is 0 Å². The molecule has 2 rings (SSSR count). The van der Waals surface area contributed by atoms with Crippen molar-refractivity contribution >= 4 is 11.3 Å². The fraction of sp³-hybridized carbons (Fsp3) is 0.700. The lowest BCUT2D eigenvalue weighted by Crippen LogP contribution is -2.38. The summed E-state index contributed by atoms with van der Waals surface area (Å²) in [5.74, 6) is 0. The van der Waals surface area contributed by atoms with E-state index in [1.807, 2.05) is 12.3 Å². The Kier molecular flexibility index (Phi) is 2.49. The van der Waals surface area contributed by atoms with Crippen molar-refractivity contribution in [3.8, 4) is 0 Å². The summed E-state index contributed by atoms with van der Waals surface area (Å²) in [7, 11) is 0. The van der Waals surface area contributed by atoms with Crippen LogP contribution in [0.5, 0.6) is 0 Å². The number of thiazole rings is 1. The van der Waals surface area contributed by atoms with E-state index in [2.05, 4.69) is 0 Å². The number of hydrogen-bond acceptors (Lipinski definition) is 3. The van der Waals surface area contributed by atoms with Crippen molar-refractivity contribution in [3.63, 3.8) is 0 Å². The smallest absolute Gasteiger partial charge is 0.307 e. The second-order valence-corrected chi connectivity index (χ2v) is 4.94. The molecule has 1 aromatic heterocycles. The van der Waals surface area contributed by atoms with E-state index in [4.69, 9.17) is 0 Å². The van der Waals surface area contributed by atoms with Gasteiger partial charge in [0.15, 0.2) is 0 Å². The van der Waals surface area contributed by atoms with Gasteiger partial charge in [-0.1, -0.05) is 11.3 Å². The van der Waals surface area contributed by atoms with Gasteiger partial charge >= 0.3 is 4.87 Å². The van der Waals surface area contributed by atoms with Gasteiger partial charge in [0.2, 0.25) is 0 Å². The Morgan fingerprint density at radius 2 is 2.36 bits per heavy atom. The average molecular weight is 213 g/mol. The largest absolute Gasteiger partial charge is 0.390 e. The Labute approximate surface area is 87.0 Å². The summed E-state index contributed by atoms with van der Waals surface area (Å²) in [5, 5.41) is 11.7. The molecule has 0 saturated heterocycles. The molecule has 0 radical (unpaired) electrons. The van der Waals surface area contributed by atoms with E-state index in [1.54, 1.807) is 4.57 Å². The quantitative estimate of drug-likeness (QED) is 0.827. The minimum Gasteiger partial charge on any atom is -0.390 e. The molecule has 14 heavy (non-hydrogen) atoms. The maximum absolute atomic E-state index is 11.4. The first-order valence-electron chi connectivity index (χ1n) is 4.98. The Bertz CT molecular complexity index is 376. The molecule has 4 heteroatoms. The van der Waals surface area contributed by atoms with E-state index < -0.39 is 5.60 Å². The molecule has 1 heterocycles. The maximum Gasteiger partial charge on any atom is 0.307 e. The lowest BCUT2D eigenvalue weighted by atomic mass is 9.78. The third-order valence-corrected chi connectivity index (χ3v) is 3.94. The monoisotopic (exact) mass is 213 g/mol. The molecule has 0 amide bonds. The number of hydrogen-bond donors (Lipinski definition) is 1. The molecule has 78 valence electrons. The molecule has 3 nitrogen and oxygen atoms in total. The van der Waals surface area contributed by atoms with Crippen LogP contribution in [0.1, 0.15) is 31.4 Å². The highest BCUT2D eigenvalue weighted by Crippen LogP contribution is 2.34. The van der Waals surface area contributed by atoms with E-state index in [9.17, 15) is 9.90 Å². The second kappa shape index (κ2) is 3.51. The molecule has 1 aliphatic carbocycles.